The first-order valence-corrected chi connectivity index (χ1v) is 17.1. The lowest BCUT2D eigenvalue weighted by Gasteiger charge is -2.36. The summed E-state index contributed by atoms with van der Waals surface area (Å²) in [5.74, 6) is -0.864. The van der Waals surface area contributed by atoms with Crippen LogP contribution in [0.2, 0.25) is 0 Å². The molecular weight excluding hydrogens is 686 g/mol. The Labute approximate surface area is 293 Å². The van der Waals surface area contributed by atoms with E-state index in [1.54, 1.807) is 39.8 Å². The molecular formula is C39H36BrN3O6. The average molecular weight is 723 g/mol. The van der Waals surface area contributed by atoms with Gasteiger partial charge in [0.25, 0.3) is 11.8 Å². The first kappa shape index (κ1) is 32.8. The number of hydrogen-bond donors (Lipinski definition) is 2. The summed E-state index contributed by atoms with van der Waals surface area (Å²) in [7, 11) is 0. The fourth-order valence-electron chi connectivity index (χ4n) is 7.11. The Morgan fingerprint density at radius 1 is 1.00 bits per heavy atom. The van der Waals surface area contributed by atoms with Crippen LogP contribution >= 0.6 is 15.9 Å². The Hall–Kier alpha value is -4.77. The van der Waals surface area contributed by atoms with E-state index in [9.17, 15) is 24.6 Å². The molecule has 3 aliphatic heterocycles. The molecule has 3 amide bonds. The molecule has 49 heavy (non-hydrogen) atoms. The second kappa shape index (κ2) is 13.3. The number of para-hydroxylation sites is 2. The van der Waals surface area contributed by atoms with Crippen LogP contribution in [-0.4, -0.2) is 52.1 Å². The average Bonchev–Trinajstić information content (AvgIpc) is 3.32. The molecule has 4 aromatic carbocycles. The van der Waals surface area contributed by atoms with Gasteiger partial charge >= 0.3 is 0 Å². The predicted molar refractivity (Wildman–Crippen MR) is 189 cm³/mol. The highest BCUT2D eigenvalue weighted by Crippen LogP contribution is 2.47. The lowest BCUT2D eigenvalue weighted by atomic mass is 9.83. The number of aliphatic hydroxyl groups is 2. The van der Waals surface area contributed by atoms with E-state index in [4.69, 9.17) is 4.74 Å². The highest BCUT2D eigenvalue weighted by Gasteiger charge is 2.52. The van der Waals surface area contributed by atoms with E-state index in [1.165, 1.54) is 0 Å². The first-order valence-electron chi connectivity index (χ1n) is 16.3. The summed E-state index contributed by atoms with van der Waals surface area (Å²) < 4.78 is 6.34. The second-order valence-electron chi connectivity index (χ2n) is 12.7. The maximum absolute atomic E-state index is 14.2. The van der Waals surface area contributed by atoms with Crippen molar-refractivity contribution in [2.45, 2.75) is 44.5 Å². The van der Waals surface area contributed by atoms with Crippen LogP contribution < -0.4 is 14.5 Å². The first-order chi connectivity index (χ1) is 23.7. The Bertz CT molecular complexity index is 1980. The van der Waals surface area contributed by atoms with E-state index in [-0.39, 0.29) is 44.0 Å². The maximum atomic E-state index is 14.2. The molecule has 10 heteroatoms. The van der Waals surface area contributed by atoms with Gasteiger partial charge in [-0.25, -0.2) is 0 Å². The summed E-state index contributed by atoms with van der Waals surface area (Å²) in [6.45, 7) is 2.15. The van der Waals surface area contributed by atoms with Gasteiger partial charge in [-0.05, 0) is 65.6 Å². The quantitative estimate of drug-likeness (QED) is 0.224. The monoisotopic (exact) mass is 721 g/mol. The van der Waals surface area contributed by atoms with E-state index >= 15 is 0 Å². The molecule has 250 valence electrons. The lowest BCUT2D eigenvalue weighted by Crippen LogP contribution is -2.46. The number of fused-ring (bicyclic) bond motifs is 3. The minimum absolute atomic E-state index is 0.0680. The molecule has 0 aromatic heterocycles. The van der Waals surface area contributed by atoms with Crippen LogP contribution in [0.5, 0.6) is 5.75 Å². The number of benzene rings is 4. The smallest absolute Gasteiger partial charge is 0.269 e. The van der Waals surface area contributed by atoms with E-state index in [2.05, 4.69) is 15.9 Å². The Kier molecular flexibility index (Phi) is 8.87. The molecule has 3 aliphatic rings. The zero-order valence-corrected chi connectivity index (χ0v) is 28.5. The van der Waals surface area contributed by atoms with Crippen LogP contribution in [0.1, 0.15) is 35.6 Å². The number of rotatable bonds is 8. The van der Waals surface area contributed by atoms with Crippen molar-refractivity contribution in [3.8, 4) is 5.75 Å². The highest BCUT2D eigenvalue weighted by molar-refractivity contribution is 9.10. The van der Waals surface area contributed by atoms with Gasteiger partial charge in [0.2, 0.25) is 5.91 Å². The van der Waals surface area contributed by atoms with Gasteiger partial charge in [-0.1, -0.05) is 83.5 Å². The molecule has 0 aliphatic carbocycles. The number of amides is 3. The number of ether oxygens (including phenoxy) is 1. The van der Waals surface area contributed by atoms with Crippen LogP contribution in [0.4, 0.5) is 17.1 Å². The molecule has 0 unspecified atom stereocenters. The number of nitrogens with zero attached hydrogens (tertiary/aromatic N) is 3. The minimum Gasteiger partial charge on any atom is -0.482 e. The van der Waals surface area contributed by atoms with Gasteiger partial charge in [0, 0.05) is 34.6 Å². The molecule has 0 radical (unpaired) electrons. The summed E-state index contributed by atoms with van der Waals surface area (Å²) in [6.07, 6.45) is 4.08. The highest BCUT2D eigenvalue weighted by atomic mass is 79.9. The molecule has 9 nitrogen and oxygen atoms in total. The van der Waals surface area contributed by atoms with Gasteiger partial charge in [-0.15, -0.1) is 0 Å². The molecule has 7 rings (SSSR count). The van der Waals surface area contributed by atoms with Gasteiger partial charge in [0.1, 0.15) is 5.75 Å². The largest absolute Gasteiger partial charge is 0.482 e. The Morgan fingerprint density at radius 3 is 2.59 bits per heavy atom. The normalized spacial score (nSPS) is 20.6. The summed E-state index contributed by atoms with van der Waals surface area (Å²) >= 11 is 3.51. The summed E-state index contributed by atoms with van der Waals surface area (Å²) in [5.41, 5.74) is 3.45. The number of hydrogen-bond acceptors (Lipinski definition) is 6. The number of aliphatic hydroxyl groups excluding tert-OH is 1. The van der Waals surface area contributed by atoms with Gasteiger partial charge in [-0.3, -0.25) is 19.3 Å². The van der Waals surface area contributed by atoms with Crippen LogP contribution in [0, 0.1) is 5.92 Å². The SMILES string of the molecule is C[C@H](/C=C/CC(=O)N1Cc2ccccc2C[C@H]1CO)[C@@]1(O)C(=O)N(Cc2cccc(N3C(=O)COc4ccccc43)c2)c2ccc(Br)cc21. The van der Waals surface area contributed by atoms with Crippen molar-refractivity contribution in [1.29, 1.82) is 0 Å². The maximum Gasteiger partial charge on any atom is 0.269 e. The topological polar surface area (TPSA) is 111 Å². The van der Waals surface area contributed by atoms with Gasteiger partial charge in [-0.2, -0.15) is 0 Å². The van der Waals surface area contributed by atoms with Gasteiger partial charge in [0.15, 0.2) is 12.2 Å². The fraction of sp³-hybridized carbons (Fsp3) is 0.256. The summed E-state index contributed by atoms with van der Waals surface area (Å²) in [4.78, 5) is 45.4. The second-order valence-corrected chi connectivity index (χ2v) is 13.6. The van der Waals surface area contributed by atoms with Crippen molar-refractivity contribution >= 4 is 50.7 Å². The predicted octanol–water partition coefficient (Wildman–Crippen LogP) is 5.77. The van der Waals surface area contributed by atoms with Gasteiger partial charge < -0.3 is 24.7 Å². The van der Waals surface area contributed by atoms with Crippen molar-refractivity contribution in [3.63, 3.8) is 0 Å². The molecule has 0 bridgehead atoms. The summed E-state index contributed by atoms with van der Waals surface area (Å²) in [6, 6.07) is 27.8. The number of carbonyl (C=O) groups excluding carboxylic acids is 3. The third kappa shape index (κ3) is 5.94. The summed E-state index contributed by atoms with van der Waals surface area (Å²) in [5, 5.41) is 22.2. The molecule has 0 fully saturated rings. The number of carbonyl (C=O) groups is 3. The Morgan fingerprint density at radius 2 is 1.78 bits per heavy atom. The van der Waals surface area contributed by atoms with Crippen LogP contribution in [0.3, 0.4) is 0 Å². The third-order valence-corrected chi connectivity index (χ3v) is 10.2. The van der Waals surface area contributed by atoms with Crippen LogP contribution in [0.25, 0.3) is 0 Å². The zero-order valence-electron chi connectivity index (χ0n) is 27.0. The lowest BCUT2D eigenvalue weighted by molar-refractivity contribution is -0.139. The van der Waals surface area contributed by atoms with E-state index in [0.29, 0.717) is 41.3 Å². The molecule has 3 atom stereocenters. The van der Waals surface area contributed by atoms with E-state index in [0.717, 1.165) is 21.2 Å². The van der Waals surface area contributed by atoms with Crippen LogP contribution in [0.15, 0.2) is 108 Å². The van der Waals surface area contributed by atoms with Crippen LogP contribution in [-0.2, 0) is 39.5 Å². The fourth-order valence-corrected chi connectivity index (χ4v) is 7.47. The van der Waals surface area contributed by atoms with E-state index in [1.807, 2.05) is 84.9 Å². The molecule has 0 spiro atoms. The van der Waals surface area contributed by atoms with E-state index < -0.39 is 17.4 Å². The Balaban J connectivity index is 1.11. The molecule has 0 saturated carbocycles. The third-order valence-electron chi connectivity index (χ3n) is 9.71. The van der Waals surface area contributed by atoms with Gasteiger partial charge in [0.05, 0.1) is 30.6 Å². The van der Waals surface area contributed by atoms with Crippen molar-refractivity contribution < 1.29 is 29.3 Å². The number of halogens is 1. The molecule has 3 heterocycles. The molecule has 4 aromatic rings. The minimum atomic E-state index is -1.88. The van der Waals surface area contributed by atoms with Crippen molar-refractivity contribution in [2.75, 3.05) is 23.0 Å². The standard InChI is InChI=1S/C39H36BrN3O6/c1-25(8-6-15-36(45)41-22-28-11-3-2-10-27(28)19-31(41)23-44)39(48)32-20-29(40)16-17-33(32)42(38(39)47)21-26-9-7-12-30(18-26)43-34-13-4-5-14-35(34)49-24-37(43)46/h2-14,16-18,20,25,31,44,48H,15,19,21-24H2,1H3/b8-6+/t25-,31+,39+/m1/s1. The van der Waals surface area contributed by atoms with Crippen molar-refractivity contribution in [2.24, 2.45) is 5.92 Å². The number of anilines is 3. The van der Waals surface area contributed by atoms with Crippen molar-refractivity contribution in [1.82, 2.24) is 4.90 Å². The molecule has 0 saturated heterocycles. The molecule has 2 N–H and O–H groups in total. The van der Waals surface area contributed by atoms with Crippen molar-refractivity contribution in [3.05, 3.63) is 130 Å². The zero-order chi connectivity index (χ0) is 34.3.